The Labute approximate surface area is 121 Å². The van der Waals surface area contributed by atoms with E-state index in [0.29, 0.717) is 17.1 Å². The van der Waals surface area contributed by atoms with Crippen LogP contribution in [0.25, 0.3) is 0 Å². The first-order valence-electron chi connectivity index (χ1n) is 6.19. The Kier molecular flexibility index (Phi) is 5.06. The molecule has 22 heavy (non-hydrogen) atoms. The van der Waals surface area contributed by atoms with Gasteiger partial charge in [-0.2, -0.15) is 0 Å². The van der Waals surface area contributed by atoms with E-state index in [1.807, 2.05) is 6.07 Å². The van der Waals surface area contributed by atoms with E-state index in [1.54, 1.807) is 43.3 Å². The van der Waals surface area contributed by atoms with Crippen LogP contribution in [0.2, 0.25) is 0 Å². The minimum atomic E-state index is -1.17. The summed E-state index contributed by atoms with van der Waals surface area (Å²) in [5.74, 6) is 0.424. The molecule has 0 radical (unpaired) electrons. The first kappa shape index (κ1) is 16.0. The smallest absolute Gasteiger partial charge is 0.417 e. The normalized spacial score (nSPS) is 9.32. The number of nitrogens with one attached hydrogen (secondary N) is 2. The summed E-state index contributed by atoms with van der Waals surface area (Å²) in [6.07, 6.45) is -1.81. The molecular weight excluding hydrogens is 539 g/mol. The van der Waals surface area contributed by atoms with Crippen molar-refractivity contribution in [3.63, 3.8) is 0 Å². The molecule has 2 amide bonds. The SMILES string of the molecule is Cc1ccc(NC(=O)O)cc1NC(=O)Oc1ccccc1.[Rf]. The van der Waals surface area contributed by atoms with Crippen molar-refractivity contribution >= 4 is 23.6 Å². The van der Waals surface area contributed by atoms with Crippen LogP contribution in [0.1, 0.15) is 5.56 Å². The van der Waals surface area contributed by atoms with Gasteiger partial charge < -0.3 is 9.84 Å². The number of ether oxygens (including phenoxy) is 1. The van der Waals surface area contributed by atoms with Gasteiger partial charge >= 0.3 is 12.2 Å². The predicted molar refractivity (Wildman–Crippen MR) is 78.9 cm³/mol. The summed E-state index contributed by atoms with van der Waals surface area (Å²) in [7, 11) is 0. The van der Waals surface area contributed by atoms with Gasteiger partial charge in [0.15, 0.2) is 0 Å². The summed E-state index contributed by atoms with van der Waals surface area (Å²) >= 11 is 0. The van der Waals surface area contributed by atoms with Gasteiger partial charge in [0.1, 0.15) is 5.75 Å². The van der Waals surface area contributed by atoms with Crippen LogP contribution >= 0.6 is 0 Å². The van der Waals surface area contributed by atoms with E-state index >= 15 is 0 Å². The van der Waals surface area contributed by atoms with Crippen molar-refractivity contribution in [2.24, 2.45) is 0 Å². The maximum Gasteiger partial charge on any atom is 0.417 e. The van der Waals surface area contributed by atoms with Crippen LogP contribution < -0.4 is 15.4 Å². The van der Waals surface area contributed by atoms with Crippen LogP contribution in [-0.2, 0) is 0 Å². The van der Waals surface area contributed by atoms with Crippen molar-refractivity contribution in [2.45, 2.75) is 6.92 Å². The van der Waals surface area contributed by atoms with Gasteiger partial charge in [-0.15, -0.1) is 0 Å². The Morgan fingerprint density at radius 3 is 2.36 bits per heavy atom. The summed E-state index contributed by atoms with van der Waals surface area (Å²) < 4.78 is 5.11. The molecule has 0 aliphatic carbocycles. The van der Waals surface area contributed by atoms with Gasteiger partial charge in [-0.1, -0.05) is 24.3 Å². The molecule has 2 rings (SSSR count). The summed E-state index contributed by atoms with van der Waals surface area (Å²) in [6, 6.07) is 13.5. The van der Waals surface area contributed by atoms with Crippen LogP contribution in [0.4, 0.5) is 21.0 Å². The Balaban J connectivity index is 0.00000242. The van der Waals surface area contributed by atoms with Gasteiger partial charge in [0, 0.05) is 11.4 Å². The van der Waals surface area contributed by atoms with E-state index in [0.717, 1.165) is 5.56 Å². The van der Waals surface area contributed by atoms with E-state index in [2.05, 4.69) is 10.6 Å². The molecule has 0 saturated heterocycles. The van der Waals surface area contributed by atoms with Gasteiger partial charge in [-0.25, -0.2) is 9.59 Å². The molecule has 0 bridgehead atoms. The molecule has 0 spiro atoms. The zero-order valence-corrected chi connectivity index (χ0v) is 18.4. The van der Waals surface area contributed by atoms with Crippen molar-refractivity contribution in [3.05, 3.63) is 54.1 Å². The Bertz CT molecular complexity index is 662. The van der Waals surface area contributed by atoms with Gasteiger partial charge in [-0.3, -0.25) is 10.6 Å². The molecule has 2 aromatic rings. The van der Waals surface area contributed by atoms with E-state index in [4.69, 9.17) is 9.84 Å². The number of benzene rings is 2. The molecule has 0 atom stereocenters. The number of amides is 2. The quantitative estimate of drug-likeness (QED) is 0.542. The second kappa shape index (κ2) is 6.95. The van der Waals surface area contributed by atoms with Crippen LogP contribution in [0.3, 0.4) is 0 Å². The van der Waals surface area contributed by atoms with Crippen LogP contribution in [0.5, 0.6) is 5.75 Å². The molecule has 0 saturated carbocycles. The maximum absolute atomic E-state index is 11.8. The van der Waals surface area contributed by atoms with Crippen molar-refractivity contribution in [3.8, 4) is 5.75 Å². The fourth-order valence-corrected chi connectivity index (χ4v) is 1.69. The minimum Gasteiger partial charge on any atom is -0.465 e. The average Bonchev–Trinajstić information content (AvgIpc) is 2.43. The number of carbonyl (C=O) groups is 2. The minimum absolute atomic E-state index is 0. The standard InChI is InChI=1S/C15H14N2O4.Rf/c1-10-7-8-11(16-14(18)19)9-13(10)17-15(20)21-12-5-3-2-4-6-12;/h2-9,16H,1H3,(H,17,20)(H,18,19);. The van der Waals surface area contributed by atoms with Crippen LogP contribution in [0.15, 0.2) is 48.5 Å². The molecule has 0 unspecified atom stereocenters. The first-order valence-corrected chi connectivity index (χ1v) is 6.19. The summed E-state index contributed by atoms with van der Waals surface area (Å²) in [6.45, 7) is 1.79. The van der Waals surface area contributed by atoms with E-state index in [1.165, 1.54) is 6.07 Å². The van der Waals surface area contributed by atoms with Crippen LogP contribution in [-0.4, -0.2) is 17.3 Å². The molecule has 2 aromatic carbocycles. The Morgan fingerprint density at radius 2 is 1.73 bits per heavy atom. The molecule has 7 heteroatoms. The second-order valence-electron chi connectivity index (χ2n) is 4.29. The fraction of sp³-hybridized carbons (Fsp3) is 0.0667. The Morgan fingerprint density at radius 1 is 1.05 bits per heavy atom. The number of hydrogen-bond donors (Lipinski definition) is 3. The number of aryl methyl sites for hydroxylation is 1. The third-order valence-corrected chi connectivity index (χ3v) is 2.68. The Hall–Kier alpha value is -4.02. The van der Waals surface area contributed by atoms with Crippen LogP contribution in [0, 0.1) is 6.92 Å². The van der Waals surface area contributed by atoms with E-state index in [9.17, 15) is 9.59 Å². The van der Waals surface area contributed by atoms with Crippen molar-refractivity contribution < 1.29 is 19.4 Å². The third kappa shape index (κ3) is 4.27. The number of anilines is 2. The number of rotatable bonds is 3. The maximum atomic E-state index is 11.8. The molecular formula is C15H14N2O4Rf. The molecule has 6 nitrogen and oxygen atoms in total. The van der Waals surface area contributed by atoms with Gasteiger partial charge in [0.05, 0.1) is 0 Å². The number of hydrogen-bond acceptors (Lipinski definition) is 3. The van der Waals surface area contributed by atoms with Crippen molar-refractivity contribution in [1.29, 1.82) is 0 Å². The topological polar surface area (TPSA) is 87.7 Å². The zero-order chi connectivity index (χ0) is 15.2. The van der Waals surface area contributed by atoms with Crippen molar-refractivity contribution in [2.75, 3.05) is 10.6 Å². The summed E-state index contributed by atoms with van der Waals surface area (Å²) in [4.78, 5) is 22.4. The molecule has 0 aromatic heterocycles. The van der Waals surface area contributed by atoms with Crippen molar-refractivity contribution in [1.82, 2.24) is 0 Å². The number of carbonyl (C=O) groups excluding carboxylic acids is 1. The third-order valence-electron chi connectivity index (χ3n) is 2.68. The molecule has 0 fully saturated rings. The average molecular weight is 553 g/mol. The molecule has 0 aliphatic heterocycles. The first-order chi connectivity index (χ1) is 10.0. The van der Waals surface area contributed by atoms with Gasteiger partial charge in [-0.05, 0) is 36.8 Å². The molecule has 0 aliphatic rings. The predicted octanol–water partition coefficient (Wildman–Crippen LogP) is 3.70. The summed E-state index contributed by atoms with van der Waals surface area (Å²) in [5.41, 5.74) is 1.63. The van der Waals surface area contributed by atoms with Gasteiger partial charge in [0.2, 0.25) is 0 Å². The molecule has 110 valence electrons. The molecule has 0 heterocycles. The monoisotopic (exact) mass is 553 g/mol. The molecule has 3 N–H and O–H groups in total. The summed E-state index contributed by atoms with van der Waals surface area (Å²) in [5, 5.41) is 13.5. The van der Waals surface area contributed by atoms with Gasteiger partial charge in [0.25, 0.3) is 0 Å². The second-order valence-corrected chi connectivity index (χ2v) is 4.29. The fourth-order valence-electron chi connectivity index (χ4n) is 1.69. The largest absolute Gasteiger partial charge is 0.465 e. The van der Waals surface area contributed by atoms with E-state index < -0.39 is 12.2 Å². The number of carboxylic acid groups (broad SMARTS) is 1. The number of para-hydroxylation sites is 1. The van der Waals surface area contributed by atoms with E-state index in [-0.39, 0.29) is 0 Å². The zero-order valence-electron chi connectivity index (χ0n) is 12.0.